The van der Waals surface area contributed by atoms with E-state index in [9.17, 15) is 5.11 Å². The van der Waals surface area contributed by atoms with Gasteiger partial charge in [-0.1, -0.05) is 30.3 Å². The number of hydrogen-bond donors (Lipinski definition) is 2. The first-order valence-corrected chi connectivity index (χ1v) is 15.6. The summed E-state index contributed by atoms with van der Waals surface area (Å²) in [5.41, 5.74) is 11.4. The molecule has 6 aromatic rings. The summed E-state index contributed by atoms with van der Waals surface area (Å²) >= 11 is 3.49. The number of β-amino-alcohol motifs (C(OH)–C–C–N with tert-alkyl or cyclic N) is 1. The van der Waals surface area contributed by atoms with E-state index in [4.69, 9.17) is 4.98 Å². The monoisotopic (exact) mass is 645 g/mol. The third-order valence-electron chi connectivity index (χ3n) is 8.51. The highest BCUT2D eigenvalue weighted by atomic mass is 79.9. The third kappa shape index (κ3) is 5.66. The molecule has 1 atom stereocenters. The molecule has 220 valence electrons. The molecule has 0 amide bonds. The molecule has 9 heteroatoms. The first-order chi connectivity index (χ1) is 21.4. The summed E-state index contributed by atoms with van der Waals surface area (Å²) in [5, 5.41) is 14.5. The van der Waals surface area contributed by atoms with Crippen LogP contribution in [0.2, 0.25) is 0 Å². The lowest BCUT2D eigenvalue weighted by atomic mass is 9.91. The Labute approximate surface area is 264 Å². The van der Waals surface area contributed by atoms with Gasteiger partial charge in [0.25, 0.3) is 0 Å². The zero-order valence-corrected chi connectivity index (χ0v) is 26.2. The molecule has 5 heterocycles. The van der Waals surface area contributed by atoms with E-state index in [1.54, 1.807) is 12.5 Å². The molecule has 1 saturated heterocycles. The summed E-state index contributed by atoms with van der Waals surface area (Å²) in [6.45, 7) is 6.73. The lowest BCUT2D eigenvalue weighted by molar-refractivity contribution is 0.175. The molecule has 2 N–H and O–H groups in total. The maximum Gasteiger partial charge on any atom is 0.156 e. The molecular formula is C35H32BrN7O. The smallest absolute Gasteiger partial charge is 0.156 e. The predicted molar refractivity (Wildman–Crippen MR) is 178 cm³/mol. The van der Waals surface area contributed by atoms with Crippen LogP contribution in [0.1, 0.15) is 34.4 Å². The number of likely N-dealkylation sites (tertiary alicyclic amines) is 1. The average molecular weight is 647 g/mol. The summed E-state index contributed by atoms with van der Waals surface area (Å²) in [5.74, 6) is 0.728. The molecule has 1 aliphatic rings. The van der Waals surface area contributed by atoms with Gasteiger partial charge >= 0.3 is 0 Å². The van der Waals surface area contributed by atoms with E-state index in [1.807, 2.05) is 24.5 Å². The molecular weight excluding hydrogens is 614 g/mol. The van der Waals surface area contributed by atoms with Crippen LogP contribution in [0.3, 0.4) is 0 Å². The SMILES string of the molecule is Cc1c(Cc2ncnc3cc(Br)cnc23)cccc1-c1cccc(Nc2nccc3cc(CN4CC[C@@H](O)C4)cnc23)c1C. The second-order valence-corrected chi connectivity index (χ2v) is 12.4. The molecule has 1 aliphatic heterocycles. The molecule has 8 nitrogen and oxygen atoms in total. The average Bonchev–Trinajstić information content (AvgIpc) is 3.43. The third-order valence-corrected chi connectivity index (χ3v) is 8.94. The fourth-order valence-corrected chi connectivity index (χ4v) is 6.45. The van der Waals surface area contributed by atoms with Gasteiger partial charge in [0.15, 0.2) is 5.82 Å². The Hall–Kier alpha value is -4.31. The van der Waals surface area contributed by atoms with E-state index in [-0.39, 0.29) is 6.10 Å². The van der Waals surface area contributed by atoms with Crippen LogP contribution in [0, 0.1) is 13.8 Å². The van der Waals surface area contributed by atoms with Gasteiger partial charge in [0, 0.05) is 60.2 Å². The zero-order chi connectivity index (χ0) is 30.2. The van der Waals surface area contributed by atoms with Crippen LogP contribution < -0.4 is 5.32 Å². The number of nitrogens with one attached hydrogen (secondary N) is 1. The van der Waals surface area contributed by atoms with Crippen molar-refractivity contribution in [3.8, 4) is 11.1 Å². The van der Waals surface area contributed by atoms with Gasteiger partial charge < -0.3 is 10.4 Å². The number of halogens is 1. The first-order valence-electron chi connectivity index (χ1n) is 14.8. The van der Waals surface area contributed by atoms with Crippen LogP contribution >= 0.6 is 15.9 Å². The van der Waals surface area contributed by atoms with Crippen molar-refractivity contribution in [1.82, 2.24) is 29.8 Å². The number of hydrogen-bond acceptors (Lipinski definition) is 8. The van der Waals surface area contributed by atoms with Gasteiger partial charge in [0.1, 0.15) is 17.4 Å². The number of aliphatic hydroxyl groups is 1. The number of benzene rings is 2. The molecule has 0 radical (unpaired) electrons. The highest BCUT2D eigenvalue weighted by molar-refractivity contribution is 9.10. The number of fused-ring (bicyclic) bond motifs is 2. The van der Waals surface area contributed by atoms with Crippen LogP contribution in [0.4, 0.5) is 11.5 Å². The van der Waals surface area contributed by atoms with E-state index in [1.165, 1.54) is 16.7 Å². The van der Waals surface area contributed by atoms with E-state index < -0.39 is 0 Å². The number of aliphatic hydroxyl groups excluding tert-OH is 1. The van der Waals surface area contributed by atoms with Crippen molar-refractivity contribution in [2.45, 2.75) is 39.3 Å². The quantitative estimate of drug-likeness (QED) is 0.193. The molecule has 44 heavy (non-hydrogen) atoms. The van der Waals surface area contributed by atoms with Gasteiger partial charge in [-0.2, -0.15) is 0 Å². The molecule has 0 unspecified atom stereocenters. The molecule has 0 aliphatic carbocycles. The van der Waals surface area contributed by atoms with Crippen molar-refractivity contribution in [3.05, 3.63) is 112 Å². The molecule has 1 fully saturated rings. The van der Waals surface area contributed by atoms with Crippen LogP contribution in [0.5, 0.6) is 0 Å². The summed E-state index contributed by atoms with van der Waals surface area (Å²) in [4.78, 5) is 25.3. The van der Waals surface area contributed by atoms with Gasteiger partial charge in [0.05, 0.1) is 17.3 Å². The molecule has 2 aromatic carbocycles. The van der Waals surface area contributed by atoms with Crippen LogP contribution in [-0.2, 0) is 13.0 Å². The maximum absolute atomic E-state index is 9.89. The molecule has 0 bridgehead atoms. The number of aromatic nitrogens is 5. The summed E-state index contributed by atoms with van der Waals surface area (Å²) in [6.07, 6.45) is 8.42. The van der Waals surface area contributed by atoms with Crippen molar-refractivity contribution in [3.63, 3.8) is 0 Å². The highest BCUT2D eigenvalue weighted by Gasteiger charge is 2.20. The van der Waals surface area contributed by atoms with E-state index in [0.717, 1.165) is 79.8 Å². The maximum atomic E-state index is 9.89. The van der Waals surface area contributed by atoms with E-state index >= 15 is 0 Å². The van der Waals surface area contributed by atoms with Crippen molar-refractivity contribution in [2.75, 3.05) is 18.4 Å². The lowest BCUT2D eigenvalue weighted by Crippen LogP contribution is -2.21. The van der Waals surface area contributed by atoms with Gasteiger partial charge in [-0.25, -0.2) is 15.0 Å². The largest absolute Gasteiger partial charge is 0.392 e. The highest BCUT2D eigenvalue weighted by Crippen LogP contribution is 2.35. The number of nitrogens with zero attached hydrogens (tertiary/aromatic N) is 6. The second kappa shape index (κ2) is 12.0. The second-order valence-electron chi connectivity index (χ2n) is 11.5. The number of rotatable bonds is 7. The van der Waals surface area contributed by atoms with Gasteiger partial charge in [-0.3, -0.25) is 14.9 Å². The minimum Gasteiger partial charge on any atom is -0.392 e. The van der Waals surface area contributed by atoms with Crippen molar-refractivity contribution >= 4 is 49.4 Å². The Balaban J connectivity index is 1.17. The Bertz CT molecular complexity index is 2010. The summed E-state index contributed by atoms with van der Waals surface area (Å²) in [6, 6.07) is 18.9. The Morgan fingerprint density at radius 1 is 0.909 bits per heavy atom. The standard InChI is InChI=1S/C35H32BrN7O/c1-21-24(14-31-34-32(41-20-40-31)15-26(36)17-39-34)5-3-6-28(21)29-7-4-8-30(22(29)2)42-35-33-25(9-11-37-35)13-23(16-38-33)18-43-12-10-27(44)19-43/h3-9,11,13,15-17,20,27,44H,10,12,14,18-19H2,1-2H3,(H,37,42)/t27-/m1/s1. The number of pyridine rings is 3. The summed E-state index contributed by atoms with van der Waals surface area (Å²) in [7, 11) is 0. The Morgan fingerprint density at radius 2 is 1.73 bits per heavy atom. The van der Waals surface area contributed by atoms with Gasteiger partial charge in [0.2, 0.25) is 0 Å². The van der Waals surface area contributed by atoms with E-state index in [2.05, 4.69) is 102 Å². The fraction of sp³-hybridized carbons (Fsp3) is 0.229. The zero-order valence-electron chi connectivity index (χ0n) is 24.6. The van der Waals surface area contributed by atoms with Crippen molar-refractivity contribution in [1.29, 1.82) is 0 Å². The summed E-state index contributed by atoms with van der Waals surface area (Å²) < 4.78 is 0.898. The molecule has 7 rings (SSSR count). The Kier molecular flexibility index (Phi) is 7.76. The van der Waals surface area contributed by atoms with Crippen LogP contribution in [0.15, 0.2) is 84.0 Å². The van der Waals surface area contributed by atoms with Gasteiger partial charge in [-0.15, -0.1) is 0 Å². The topological polar surface area (TPSA) is 100.0 Å². The van der Waals surface area contributed by atoms with Crippen LogP contribution in [0.25, 0.3) is 33.1 Å². The number of anilines is 2. The Morgan fingerprint density at radius 3 is 2.57 bits per heavy atom. The predicted octanol–water partition coefficient (Wildman–Crippen LogP) is 6.92. The van der Waals surface area contributed by atoms with Gasteiger partial charge in [-0.05, 0) is 93.8 Å². The minimum absolute atomic E-state index is 0.229. The first kappa shape index (κ1) is 28.5. The van der Waals surface area contributed by atoms with Crippen molar-refractivity contribution < 1.29 is 5.11 Å². The van der Waals surface area contributed by atoms with E-state index in [0.29, 0.717) is 13.0 Å². The minimum atomic E-state index is -0.229. The molecule has 4 aromatic heterocycles. The molecule has 0 saturated carbocycles. The van der Waals surface area contributed by atoms with Crippen LogP contribution in [-0.4, -0.2) is 54.1 Å². The van der Waals surface area contributed by atoms with Crippen molar-refractivity contribution in [2.24, 2.45) is 0 Å². The fourth-order valence-electron chi connectivity index (χ4n) is 6.14. The molecule has 0 spiro atoms. The normalized spacial score (nSPS) is 15.3. The lowest BCUT2D eigenvalue weighted by Gasteiger charge is -2.18.